The third-order valence-electron chi connectivity index (χ3n) is 3.31. The van der Waals surface area contributed by atoms with Crippen molar-refractivity contribution in [3.05, 3.63) is 29.0 Å². The highest BCUT2D eigenvalue weighted by atomic mass is 35.5. The van der Waals surface area contributed by atoms with Gasteiger partial charge in [-0.2, -0.15) is 0 Å². The smallest absolute Gasteiger partial charge is 0.261 e. The maximum Gasteiger partial charge on any atom is 0.261 e. The van der Waals surface area contributed by atoms with Crippen LogP contribution in [0.5, 0.6) is 5.75 Å². The fourth-order valence-electron chi connectivity index (χ4n) is 2.29. The van der Waals surface area contributed by atoms with Crippen LogP contribution in [-0.2, 0) is 4.79 Å². The van der Waals surface area contributed by atoms with Gasteiger partial charge in [-0.3, -0.25) is 4.79 Å². The summed E-state index contributed by atoms with van der Waals surface area (Å²) < 4.78 is 18.7. The minimum absolute atomic E-state index is 0.154. The van der Waals surface area contributed by atoms with Gasteiger partial charge in [-0.1, -0.05) is 18.0 Å². The number of hydrogen-bond acceptors (Lipinski definition) is 2. The van der Waals surface area contributed by atoms with Crippen molar-refractivity contribution < 1.29 is 13.9 Å². The second-order valence-electron chi connectivity index (χ2n) is 4.60. The molecule has 1 aliphatic carbocycles. The van der Waals surface area contributed by atoms with Gasteiger partial charge in [0, 0.05) is 0 Å². The van der Waals surface area contributed by atoms with Crippen LogP contribution in [0.4, 0.5) is 4.39 Å². The molecular formula is C13H15ClFNO2. The Balaban J connectivity index is 2.26. The van der Waals surface area contributed by atoms with Crippen molar-refractivity contribution in [2.24, 2.45) is 5.73 Å². The first-order valence-electron chi connectivity index (χ1n) is 5.97. The van der Waals surface area contributed by atoms with Crippen molar-refractivity contribution in [2.45, 2.75) is 37.7 Å². The predicted octanol–water partition coefficient (Wildman–Crippen LogP) is 3.05. The van der Waals surface area contributed by atoms with Gasteiger partial charge in [0.05, 0.1) is 5.02 Å². The van der Waals surface area contributed by atoms with Crippen molar-refractivity contribution in [1.29, 1.82) is 0 Å². The van der Waals surface area contributed by atoms with Gasteiger partial charge in [0.15, 0.2) is 5.60 Å². The fourth-order valence-corrected chi connectivity index (χ4v) is 2.50. The Morgan fingerprint density at radius 2 is 2.00 bits per heavy atom. The Morgan fingerprint density at radius 1 is 1.33 bits per heavy atom. The van der Waals surface area contributed by atoms with Gasteiger partial charge >= 0.3 is 0 Å². The number of hydrogen-bond donors (Lipinski definition) is 1. The monoisotopic (exact) mass is 271 g/mol. The highest BCUT2D eigenvalue weighted by Gasteiger charge is 2.40. The largest absolute Gasteiger partial charge is 0.476 e. The number of nitrogens with two attached hydrogens (primary N) is 1. The number of ether oxygens (including phenoxy) is 1. The fraction of sp³-hybridized carbons (Fsp3) is 0.462. The van der Waals surface area contributed by atoms with Crippen LogP contribution in [-0.4, -0.2) is 11.5 Å². The van der Waals surface area contributed by atoms with E-state index in [1.807, 2.05) is 0 Å². The number of carbonyl (C=O) groups is 1. The van der Waals surface area contributed by atoms with E-state index < -0.39 is 17.3 Å². The van der Waals surface area contributed by atoms with Crippen molar-refractivity contribution in [2.75, 3.05) is 0 Å². The lowest BCUT2D eigenvalue weighted by molar-refractivity contribution is -0.136. The average molecular weight is 272 g/mol. The molecule has 2 N–H and O–H groups in total. The molecule has 1 aliphatic rings. The van der Waals surface area contributed by atoms with Crippen LogP contribution >= 0.6 is 11.6 Å². The molecule has 1 aromatic carbocycles. The maximum absolute atomic E-state index is 12.9. The van der Waals surface area contributed by atoms with Gasteiger partial charge < -0.3 is 10.5 Å². The molecule has 0 atom stereocenters. The molecule has 5 heteroatoms. The molecular weight excluding hydrogens is 257 g/mol. The highest BCUT2D eigenvalue weighted by Crippen LogP contribution is 2.36. The molecule has 0 saturated heterocycles. The van der Waals surface area contributed by atoms with E-state index in [1.165, 1.54) is 12.1 Å². The quantitative estimate of drug-likeness (QED) is 0.919. The van der Waals surface area contributed by atoms with Gasteiger partial charge in [0.2, 0.25) is 0 Å². The van der Waals surface area contributed by atoms with E-state index in [-0.39, 0.29) is 5.02 Å². The molecule has 0 unspecified atom stereocenters. The molecule has 0 aliphatic heterocycles. The summed E-state index contributed by atoms with van der Waals surface area (Å²) in [6.07, 6.45) is 4.01. The zero-order chi connectivity index (χ0) is 13.2. The summed E-state index contributed by atoms with van der Waals surface area (Å²) >= 11 is 5.90. The lowest BCUT2D eigenvalue weighted by Gasteiger charge is -2.34. The standard InChI is InChI=1S/C13H15ClFNO2/c14-10-8-9(15)4-5-11(10)18-13(12(16)17)6-2-1-3-7-13/h4-5,8H,1-3,6-7H2,(H2,16,17). The predicted molar refractivity (Wildman–Crippen MR) is 67.0 cm³/mol. The van der Waals surface area contributed by atoms with Crippen LogP contribution in [0.1, 0.15) is 32.1 Å². The molecule has 1 aromatic rings. The van der Waals surface area contributed by atoms with E-state index in [0.717, 1.165) is 25.3 Å². The SMILES string of the molecule is NC(=O)C1(Oc2ccc(F)cc2Cl)CCCCC1. The molecule has 3 nitrogen and oxygen atoms in total. The molecule has 0 bridgehead atoms. The van der Waals surface area contributed by atoms with Gasteiger partial charge in [-0.05, 0) is 43.9 Å². The summed E-state index contributed by atoms with van der Waals surface area (Å²) in [5.41, 5.74) is 4.45. The second-order valence-corrected chi connectivity index (χ2v) is 5.00. The molecule has 0 spiro atoms. The van der Waals surface area contributed by atoms with Crippen LogP contribution in [0, 0.1) is 5.82 Å². The first-order chi connectivity index (χ1) is 8.53. The van der Waals surface area contributed by atoms with E-state index in [0.29, 0.717) is 18.6 Å². The molecule has 1 amide bonds. The van der Waals surface area contributed by atoms with E-state index >= 15 is 0 Å². The molecule has 1 saturated carbocycles. The van der Waals surface area contributed by atoms with E-state index in [2.05, 4.69) is 0 Å². The summed E-state index contributed by atoms with van der Waals surface area (Å²) in [5.74, 6) is -0.620. The third kappa shape index (κ3) is 2.58. The lowest BCUT2D eigenvalue weighted by atomic mass is 9.84. The minimum Gasteiger partial charge on any atom is -0.476 e. The van der Waals surface area contributed by atoms with Crippen molar-refractivity contribution in [3.63, 3.8) is 0 Å². The van der Waals surface area contributed by atoms with Crippen molar-refractivity contribution in [1.82, 2.24) is 0 Å². The molecule has 1 fully saturated rings. The van der Waals surface area contributed by atoms with Crippen LogP contribution in [0.3, 0.4) is 0 Å². The summed E-state index contributed by atoms with van der Waals surface area (Å²) in [7, 11) is 0. The zero-order valence-corrected chi connectivity index (χ0v) is 10.7. The normalized spacial score (nSPS) is 18.3. The topological polar surface area (TPSA) is 52.3 Å². The number of benzene rings is 1. The second kappa shape index (κ2) is 5.14. The zero-order valence-electron chi connectivity index (χ0n) is 9.92. The summed E-state index contributed by atoms with van der Waals surface area (Å²) in [6.45, 7) is 0. The van der Waals surface area contributed by atoms with Crippen LogP contribution in [0.25, 0.3) is 0 Å². The number of carbonyl (C=O) groups excluding carboxylic acids is 1. The average Bonchev–Trinajstić information content (AvgIpc) is 2.34. The van der Waals surface area contributed by atoms with Gasteiger partial charge in [0.1, 0.15) is 11.6 Å². The maximum atomic E-state index is 12.9. The number of amides is 1. The van der Waals surface area contributed by atoms with Crippen LogP contribution in [0.15, 0.2) is 18.2 Å². The first kappa shape index (κ1) is 13.1. The Bertz CT molecular complexity index is 458. The highest BCUT2D eigenvalue weighted by molar-refractivity contribution is 6.32. The summed E-state index contributed by atoms with van der Waals surface area (Å²) in [6, 6.07) is 3.84. The summed E-state index contributed by atoms with van der Waals surface area (Å²) in [4.78, 5) is 11.6. The number of halogens is 2. The molecule has 0 aromatic heterocycles. The van der Waals surface area contributed by atoms with Crippen molar-refractivity contribution >= 4 is 17.5 Å². The Labute approximate surface area is 110 Å². The van der Waals surface area contributed by atoms with E-state index in [1.54, 1.807) is 0 Å². The van der Waals surface area contributed by atoms with Gasteiger partial charge in [-0.25, -0.2) is 4.39 Å². The van der Waals surface area contributed by atoms with Crippen LogP contribution < -0.4 is 10.5 Å². The first-order valence-corrected chi connectivity index (χ1v) is 6.35. The Kier molecular flexibility index (Phi) is 3.76. The molecule has 2 rings (SSSR count). The Hall–Kier alpha value is -1.29. The minimum atomic E-state index is -1.00. The van der Waals surface area contributed by atoms with Crippen molar-refractivity contribution in [3.8, 4) is 5.75 Å². The molecule has 0 radical (unpaired) electrons. The van der Waals surface area contributed by atoms with Crippen LogP contribution in [0.2, 0.25) is 5.02 Å². The molecule has 98 valence electrons. The Morgan fingerprint density at radius 3 is 2.56 bits per heavy atom. The molecule has 0 heterocycles. The van der Waals surface area contributed by atoms with E-state index in [4.69, 9.17) is 22.1 Å². The number of rotatable bonds is 3. The van der Waals surface area contributed by atoms with E-state index in [9.17, 15) is 9.18 Å². The lowest BCUT2D eigenvalue weighted by Crippen LogP contribution is -2.50. The summed E-state index contributed by atoms with van der Waals surface area (Å²) in [5, 5.41) is 0.154. The van der Waals surface area contributed by atoms with Gasteiger partial charge in [-0.15, -0.1) is 0 Å². The molecule has 18 heavy (non-hydrogen) atoms. The number of primary amides is 1. The van der Waals surface area contributed by atoms with Gasteiger partial charge in [0.25, 0.3) is 5.91 Å². The third-order valence-corrected chi connectivity index (χ3v) is 3.60.